The van der Waals surface area contributed by atoms with Crippen molar-refractivity contribution in [1.29, 1.82) is 0 Å². The minimum absolute atomic E-state index is 0.0446. The Balaban J connectivity index is 2.51. The largest absolute Gasteiger partial charge is 0.399 e. The van der Waals surface area contributed by atoms with Crippen LogP contribution < -0.4 is 11.1 Å². The molecule has 5 nitrogen and oxygen atoms in total. The zero-order chi connectivity index (χ0) is 16.5. The van der Waals surface area contributed by atoms with E-state index in [1.807, 2.05) is 31.7 Å². The van der Waals surface area contributed by atoms with Crippen molar-refractivity contribution < 1.29 is 9.59 Å². The van der Waals surface area contributed by atoms with Crippen molar-refractivity contribution in [2.24, 2.45) is 0 Å². The average Bonchev–Trinajstić information content (AvgIpc) is 2.48. The van der Waals surface area contributed by atoms with Gasteiger partial charge in [0.1, 0.15) is 0 Å². The Kier molecular flexibility index (Phi) is 7.43. The minimum Gasteiger partial charge on any atom is -0.399 e. The van der Waals surface area contributed by atoms with Gasteiger partial charge in [-0.2, -0.15) is 0 Å². The quantitative estimate of drug-likeness (QED) is 0.725. The number of anilines is 2. The molecule has 0 aliphatic rings. The molecule has 1 aromatic carbocycles. The second-order valence-corrected chi connectivity index (χ2v) is 5.50. The van der Waals surface area contributed by atoms with Crippen LogP contribution in [0.4, 0.5) is 11.4 Å². The smallest absolute Gasteiger partial charge is 0.224 e. The lowest BCUT2D eigenvalue weighted by atomic mass is 10.1. The van der Waals surface area contributed by atoms with Crippen LogP contribution in [0, 0.1) is 6.92 Å². The van der Waals surface area contributed by atoms with Gasteiger partial charge in [-0.05, 0) is 37.5 Å². The lowest BCUT2D eigenvalue weighted by Crippen LogP contribution is -2.33. The van der Waals surface area contributed by atoms with Gasteiger partial charge in [0, 0.05) is 37.3 Å². The van der Waals surface area contributed by atoms with E-state index in [0.29, 0.717) is 11.4 Å². The molecule has 0 saturated heterocycles. The van der Waals surface area contributed by atoms with E-state index in [1.54, 1.807) is 12.1 Å². The number of nitrogens with two attached hydrogens (primary N) is 1. The van der Waals surface area contributed by atoms with Gasteiger partial charge >= 0.3 is 0 Å². The standard InChI is InChI=1S/C17H27N3O2/c1-4-10-20(11-5-2)17(22)9-8-16(21)19-15-12-14(18)7-6-13(15)3/h6-7,12H,4-5,8-11,18H2,1-3H3,(H,19,21). The third-order valence-corrected chi connectivity index (χ3v) is 3.44. The van der Waals surface area contributed by atoms with E-state index in [1.165, 1.54) is 0 Å². The van der Waals surface area contributed by atoms with E-state index >= 15 is 0 Å². The van der Waals surface area contributed by atoms with Gasteiger partial charge in [-0.25, -0.2) is 0 Å². The zero-order valence-electron chi connectivity index (χ0n) is 13.8. The van der Waals surface area contributed by atoms with Crippen LogP contribution in [0.1, 0.15) is 45.1 Å². The predicted octanol–water partition coefficient (Wildman–Crippen LogP) is 2.94. The molecule has 0 aliphatic carbocycles. The third-order valence-electron chi connectivity index (χ3n) is 3.44. The molecule has 122 valence electrons. The number of nitrogens with one attached hydrogen (secondary N) is 1. The summed E-state index contributed by atoms with van der Waals surface area (Å²) in [5, 5.41) is 2.82. The van der Waals surface area contributed by atoms with E-state index in [2.05, 4.69) is 5.32 Å². The van der Waals surface area contributed by atoms with Crippen LogP contribution in [0.2, 0.25) is 0 Å². The third kappa shape index (κ3) is 5.76. The summed E-state index contributed by atoms with van der Waals surface area (Å²) in [7, 11) is 0. The number of carbonyl (C=O) groups is 2. The highest BCUT2D eigenvalue weighted by molar-refractivity contribution is 5.94. The van der Waals surface area contributed by atoms with Crippen LogP contribution in [-0.4, -0.2) is 29.8 Å². The second-order valence-electron chi connectivity index (χ2n) is 5.50. The number of hydrogen-bond donors (Lipinski definition) is 2. The van der Waals surface area contributed by atoms with Gasteiger partial charge in [0.25, 0.3) is 0 Å². The van der Waals surface area contributed by atoms with Gasteiger partial charge in [0.15, 0.2) is 0 Å². The fourth-order valence-electron chi connectivity index (χ4n) is 2.27. The molecular weight excluding hydrogens is 278 g/mol. The highest BCUT2D eigenvalue weighted by atomic mass is 16.2. The molecule has 0 fully saturated rings. The van der Waals surface area contributed by atoms with Gasteiger partial charge in [-0.1, -0.05) is 19.9 Å². The summed E-state index contributed by atoms with van der Waals surface area (Å²) in [5.41, 5.74) is 7.98. The van der Waals surface area contributed by atoms with Gasteiger partial charge in [-0.3, -0.25) is 9.59 Å². The summed E-state index contributed by atoms with van der Waals surface area (Å²) >= 11 is 0. The number of nitrogens with zero attached hydrogens (tertiary/aromatic N) is 1. The number of nitrogen functional groups attached to an aromatic ring is 1. The first kappa shape index (κ1) is 18.0. The number of benzene rings is 1. The van der Waals surface area contributed by atoms with Crippen LogP contribution in [-0.2, 0) is 9.59 Å². The van der Waals surface area contributed by atoms with Gasteiger partial charge in [-0.15, -0.1) is 0 Å². The molecule has 3 N–H and O–H groups in total. The first-order valence-corrected chi connectivity index (χ1v) is 7.91. The molecule has 0 bridgehead atoms. The van der Waals surface area contributed by atoms with Crippen LogP contribution in [0.3, 0.4) is 0 Å². The highest BCUT2D eigenvalue weighted by Crippen LogP contribution is 2.18. The summed E-state index contributed by atoms with van der Waals surface area (Å²) in [6.07, 6.45) is 2.30. The van der Waals surface area contributed by atoms with Crippen molar-refractivity contribution in [1.82, 2.24) is 4.90 Å². The minimum atomic E-state index is -0.157. The first-order valence-electron chi connectivity index (χ1n) is 7.91. The molecule has 22 heavy (non-hydrogen) atoms. The molecule has 0 spiro atoms. The highest BCUT2D eigenvalue weighted by Gasteiger charge is 2.14. The Morgan fingerprint density at radius 2 is 1.77 bits per heavy atom. The van der Waals surface area contributed by atoms with Gasteiger partial charge in [0.2, 0.25) is 11.8 Å². The molecule has 5 heteroatoms. The van der Waals surface area contributed by atoms with E-state index in [0.717, 1.165) is 31.5 Å². The second kappa shape index (κ2) is 9.07. The number of rotatable bonds is 8. The molecule has 0 aromatic heterocycles. The van der Waals surface area contributed by atoms with Crippen LogP contribution in [0.25, 0.3) is 0 Å². The van der Waals surface area contributed by atoms with Crippen molar-refractivity contribution in [2.75, 3.05) is 24.1 Å². The molecule has 1 aromatic rings. The Bertz CT molecular complexity index is 509. The molecule has 0 saturated carbocycles. The van der Waals surface area contributed by atoms with Crippen molar-refractivity contribution in [3.8, 4) is 0 Å². The van der Waals surface area contributed by atoms with Crippen molar-refractivity contribution in [3.63, 3.8) is 0 Å². The SMILES string of the molecule is CCCN(CCC)C(=O)CCC(=O)Nc1cc(N)ccc1C. The normalized spacial score (nSPS) is 10.3. The lowest BCUT2D eigenvalue weighted by molar-refractivity contribution is -0.132. The fourth-order valence-corrected chi connectivity index (χ4v) is 2.27. The van der Waals surface area contributed by atoms with Gasteiger partial charge < -0.3 is 16.0 Å². The van der Waals surface area contributed by atoms with Crippen LogP contribution in [0.5, 0.6) is 0 Å². The molecule has 0 radical (unpaired) electrons. The van der Waals surface area contributed by atoms with Crippen molar-refractivity contribution in [2.45, 2.75) is 46.5 Å². The Morgan fingerprint density at radius 3 is 2.36 bits per heavy atom. The maximum atomic E-state index is 12.1. The van der Waals surface area contributed by atoms with Crippen molar-refractivity contribution >= 4 is 23.2 Å². The van der Waals surface area contributed by atoms with E-state index in [4.69, 9.17) is 5.73 Å². The first-order chi connectivity index (χ1) is 10.5. The molecule has 0 unspecified atom stereocenters. The molecule has 0 heterocycles. The maximum Gasteiger partial charge on any atom is 0.224 e. The maximum absolute atomic E-state index is 12.1. The number of carbonyl (C=O) groups excluding carboxylic acids is 2. The molecule has 0 atom stereocenters. The number of aryl methyl sites for hydroxylation is 1. The lowest BCUT2D eigenvalue weighted by Gasteiger charge is -2.21. The topological polar surface area (TPSA) is 75.4 Å². The molecular formula is C17H27N3O2. The summed E-state index contributed by atoms with van der Waals surface area (Å²) in [6, 6.07) is 5.39. The summed E-state index contributed by atoms with van der Waals surface area (Å²) in [4.78, 5) is 26.0. The molecule has 0 aliphatic heterocycles. The zero-order valence-corrected chi connectivity index (χ0v) is 13.8. The van der Waals surface area contributed by atoms with E-state index in [9.17, 15) is 9.59 Å². The number of amides is 2. The Morgan fingerprint density at radius 1 is 1.14 bits per heavy atom. The fraction of sp³-hybridized carbons (Fsp3) is 0.529. The van der Waals surface area contributed by atoms with Crippen molar-refractivity contribution in [3.05, 3.63) is 23.8 Å². The van der Waals surface area contributed by atoms with E-state index < -0.39 is 0 Å². The molecule has 2 amide bonds. The average molecular weight is 305 g/mol. The van der Waals surface area contributed by atoms with Crippen LogP contribution >= 0.6 is 0 Å². The summed E-state index contributed by atoms with van der Waals surface area (Å²) in [6.45, 7) is 7.51. The Hall–Kier alpha value is -2.04. The molecule has 1 rings (SSSR count). The Labute approximate surface area is 132 Å². The van der Waals surface area contributed by atoms with Crippen LogP contribution in [0.15, 0.2) is 18.2 Å². The summed E-state index contributed by atoms with van der Waals surface area (Å²) in [5.74, 6) is -0.113. The predicted molar refractivity (Wildman–Crippen MR) is 90.6 cm³/mol. The number of hydrogen-bond acceptors (Lipinski definition) is 3. The monoisotopic (exact) mass is 305 g/mol. The van der Waals surface area contributed by atoms with E-state index in [-0.39, 0.29) is 24.7 Å². The summed E-state index contributed by atoms with van der Waals surface area (Å²) < 4.78 is 0. The van der Waals surface area contributed by atoms with Gasteiger partial charge in [0.05, 0.1) is 0 Å².